The number of hydrogen-bond acceptors (Lipinski definition) is 4. The molecule has 0 unspecified atom stereocenters. The summed E-state index contributed by atoms with van der Waals surface area (Å²) in [6.45, 7) is 11.2. The molecule has 2 aromatic carbocycles. The lowest BCUT2D eigenvalue weighted by Crippen LogP contribution is -2.12. The van der Waals surface area contributed by atoms with Gasteiger partial charge in [-0.15, -0.1) is 0 Å². The van der Waals surface area contributed by atoms with Crippen molar-refractivity contribution in [2.45, 2.75) is 64.2 Å². The van der Waals surface area contributed by atoms with Gasteiger partial charge in [-0.3, -0.25) is 0 Å². The Balaban J connectivity index is 2.83. The molecule has 0 saturated heterocycles. The van der Waals surface area contributed by atoms with E-state index in [0.717, 1.165) is 5.56 Å². The summed E-state index contributed by atoms with van der Waals surface area (Å²) < 4.78 is 95.7. The molecular formula is C21H23F4O4S-. The highest BCUT2D eigenvalue weighted by Crippen LogP contribution is 2.42. The van der Waals surface area contributed by atoms with Crippen molar-refractivity contribution in [3.05, 3.63) is 52.1 Å². The van der Waals surface area contributed by atoms with E-state index in [1.54, 1.807) is 12.1 Å². The number of rotatable bonds is 6. The normalized spacial score (nSPS) is 12.3. The molecule has 0 aliphatic carbocycles. The van der Waals surface area contributed by atoms with Gasteiger partial charge in [-0.05, 0) is 34.4 Å². The summed E-state index contributed by atoms with van der Waals surface area (Å²) in [5.41, 5.74) is 2.07. The predicted octanol–water partition coefficient (Wildman–Crippen LogP) is 6.31. The molecule has 0 aromatic heterocycles. The monoisotopic (exact) mass is 447 g/mol. The van der Waals surface area contributed by atoms with E-state index in [-0.39, 0.29) is 23.5 Å². The van der Waals surface area contributed by atoms with Crippen molar-refractivity contribution in [1.29, 1.82) is 0 Å². The fraction of sp³-hybridized carbons (Fsp3) is 0.429. The Kier molecular flexibility index (Phi) is 6.88. The molecule has 4 nitrogen and oxygen atoms in total. The van der Waals surface area contributed by atoms with Crippen molar-refractivity contribution in [2.75, 3.05) is 0 Å². The van der Waals surface area contributed by atoms with Crippen LogP contribution < -0.4 is 4.74 Å². The number of hydrogen-bond donors (Lipinski definition) is 0. The maximum absolute atomic E-state index is 14.5. The first-order chi connectivity index (χ1) is 13.7. The third-order valence-electron chi connectivity index (χ3n) is 4.72. The van der Waals surface area contributed by atoms with E-state index < -0.39 is 44.0 Å². The quantitative estimate of drug-likeness (QED) is 0.296. The first kappa shape index (κ1) is 24.1. The molecule has 2 rings (SSSR count). The van der Waals surface area contributed by atoms with Gasteiger partial charge in [0.05, 0.1) is 0 Å². The molecule has 0 heterocycles. The van der Waals surface area contributed by atoms with Gasteiger partial charge in [0.25, 0.3) is 0 Å². The standard InChI is InChI=1S/C21H24F4O4S/c1-9(2)12-7-13(10(3)4)19(14(8-12)11(5)6)29-20-15(22)17(24)21(30(26,27)28)18(25)16(20)23/h7-11H,1-6H3,(H,26,27,28)/p-1. The van der Waals surface area contributed by atoms with Crippen LogP contribution in [0, 0.1) is 23.3 Å². The summed E-state index contributed by atoms with van der Waals surface area (Å²) in [7, 11) is -5.79. The number of halogens is 4. The van der Waals surface area contributed by atoms with Crippen LogP contribution in [-0.4, -0.2) is 13.0 Å². The fourth-order valence-corrected chi connectivity index (χ4v) is 3.63. The minimum Gasteiger partial charge on any atom is -0.744 e. The molecule has 2 aromatic rings. The molecule has 0 N–H and O–H groups in total. The van der Waals surface area contributed by atoms with Gasteiger partial charge in [0.2, 0.25) is 17.4 Å². The summed E-state index contributed by atoms with van der Waals surface area (Å²) in [4.78, 5) is -2.21. The highest BCUT2D eigenvalue weighted by molar-refractivity contribution is 7.85. The van der Waals surface area contributed by atoms with Crippen LogP contribution in [0.4, 0.5) is 17.6 Å². The van der Waals surface area contributed by atoms with Gasteiger partial charge in [0.15, 0.2) is 11.6 Å². The molecule has 0 atom stereocenters. The van der Waals surface area contributed by atoms with Gasteiger partial charge in [-0.2, -0.15) is 8.78 Å². The van der Waals surface area contributed by atoms with Crippen molar-refractivity contribution in [3.8, 4) is 11.5 Å². The van der Waals surface area contributed by atoms with E-state index in [4.69, 9.17) is 4.74 Å². The second-order valence-electron chi connectivity index (χ2n) is 7.96. The van der Waals surface area contributed by atoms with Crippen molar-refractivity contribution < 1.29 is 35.3 Å². The first-order valence-electron chi connectivity index (χ1n) is 9.35. The van der Waals surface area contributed by atoms with Crippen LogP contribution in [-0.2, 0) is 10.1 Å². The molecule has 0 radical (unpaired) electrons. The van der Waals surface area contributed by atoms with E-state index in [2.05, 4.69) is 0 Å². The Morgan fingerprint density at radius 1 is 0.733 bits per heavy atom. The lowest BCUT2D eigenvalue weighted by atomic mass is 9.88. The van der Waals surface area contributed by atoms with Crippen molar-refractivity contribution in [1.82, 2.24) is 0 Å². The molecular weight excluding hydrogens is 424 g/mol. The summed E-state index contributed by atoms with van der Waals surface area (Å²) in [5, 5.41) is 0. The van der Waals surface area contributed by atoms with Crippen molar-refractivity contribution in [3.63, 3.8) is 0 Å². The topological polar surface area (TPSA) is 66.4 Å². The molecule has 30 heavy (non-hydrogen) atoms. The highest BCUT2D eigenvalue weighted by Gasteiger charge is 2.31. The van der Waals surface area contributed by atoms with Crippen LogP contribution in [0.25, 0.3) is 0 Å². The summed E-state index contributed by atoms with van der Waals surface area (Å²) in [5.74, 6) is -10.5. The molecule has 0 aliphatic rings. The SMILES string of the molecule is CC(C)c1cc(C(C)C)c(Oc2c(F)c(F)c(S(=O)(=O)[O-])c(F)c2F)c(C(C)C)c1. The van der Waals surface area contributed by atoms with E-state index in [1.807, 2.05) is 41.5 Å². The van der Waals surface area contributed by atoms with Gasteiger partial charge in [0.1, 0.15) is 20.8 Å². The summed E-state index contributed by atoms with van der Waals surface area (Å²) in [6.07, 6.45) is 0. The molecule has 9 heteroatoms. The van der Waals surface area contributed by atoms with Crippen molar-refractivity contribution in [2.24, 2.45) is 0 Å². The Morgan fingerprint density at radius 3 is 1.43 bits per heavy atom. The Bertz CT molecular complexity index is 1020. The Morgan fingerprint density at radius 2 is 1.13 bits per heavy atom. The summed E-state index contributed by atoms with van der Waals surface area (Å²) >= 11 is 0. The first-order valence-corrected chi connectivity index (χ1v) is 10.8. The largest absolute Gasteiger partial charge is 0.744 e. The number of benzene rings is 2. The number of ether oxygens (including phenoxy) is 1. The second-order valence-corrected chi connectivity index (χ2v) is 9.28. The van der Waals surface area contributed by atoms with Gasteiger partial charge >= 0.3 is 0 Å². The van der Waals surface area contributed by atoms with Gasteiger partial charge in [-0.25, -0.2) is 17.2 Å². The fourth-order valence-electron chi connectivity index (χ4n) is 3.01. The minimum absolute atomic E-state index is 0.0266. The Labute approximate surface area is 173 Å². The van der Waals surface area contributed by atoms with Gasteiger partial charge in [0, 0.05) is 0 Å². The average Bonchev–Trinajstić information content (AvgIpc) is 2.61. The molecule has 166 valence electrons. The molecule has 0 amide bonds. The van der Waals surface area contributed by atoms with Crippen LogP contribution in [0.3, 0.4) is 0 Å². The lowest BCUT2D eigenvalue weighted by molar-refractivity contribution is 0.341. The zero-order valence-corrected chi connectivity index (χ0v) is 18.3. The zero-order valence-electron chi connectivity index (χ0n) is 17.4. The Hall–Kier alpha value is -2.13. The molecule has 0 saturated carbocycles. The molecule has 0 aliphatic heterocycles. The maximum Gasteiger partial charge on any atom is 0.205 e. The van der Waals surface area contributed by atoms with E-state index in [9.17, 15) is 30.5 Å². The maximum atomic E-state index is 14.5. The van der Waals surface area contributed by atoms with E-state index >= 15 is 0 Å². The van der Waals surface area contributed by atoms with Crippen LogP contribution >= 0.6 is 0 Å². The van der Waals surface area contributed by atoms with Crippen LogP contribution in [0.5, 0.6) is 11.5 Å². The average molecular weight is 447 g/mol. The molecule has 0 bridgehead atoms. The highest BCUT2D eigenvalue weighted by atomic mass is 32.2. The zero-order chi connectivity index (χ0) is 23.1. The summed E-state index contributed by atoms with van der Waals surface area (Å²) in [6, 6.07) is 3.57. The third-order valence-corrected chi connectivity index (χ3v) is 5.57. The van der Waals surface area contributed by atoms with Crippen molar-refractivity contribution >= 4 is 10.1 Å². The minimum atomic E-state index is -5.79. The van der Waals surface area contributed by atoms with Crippen LogP contribution in [0.1, 0.15) is 76.0 Å². The molecule has 0 fully saturated rings. The van der Waals surface area contributed by atoms with Crippen LogP contribution in [0.15, 0.2) is 17.0 Å². The van der Waals surface area contributed by atoms with Gasteiger partial charge < -0.3 is 9.29 Å². The molecule has 0 spiro atoms. The lowest BCUT2D eigenvalue weighted by Gasteiger charge is -2.23. The van der Waals surface area contributed by atoms with E-state index in [0.29, 0.717) is 11.1 Å². The third kappa shape index (κ3) is 4.46. The van der Waals surface area contributed by atoms with Gasteiger partial charge in [-0.1, -0.05) is 53.7 Å². The van der Waals surface area contributed by atoms with Crippen LogP contribution in [0.2, 0.25) is 0 Å². The second kappa shape index (κ2) is 8.55. The predicted molar refractivity (Wildman–Crippen MR) is 103 cm³/mol. The van der Waals surface area contributed by atoms with E-state index in [1.165, 1.54) is 0 Å². The smallest absolute Gasteiger partial charge is 0.205 e.